The molecule has 2 unspecified atom stereocenters. The maximum absolute atomic E-state index is 5.21. The second kappa shape index (κ2) is 10.1. The molecule has 0 amide bonds. The molecule has 0 saturated carbocycles. The van der Waals surface area contributed by atoms with E-state index in [1.165, 1.54) is 38.8 Å². The van der Waals surface area contributed by atoms with E-state index in [0.29, 0.717) is 12.1 Å². The summed E-state index contributed by atoms with van der Waals surface area (Å²) < 4.78 is 5.21. The number of hydrogen-bond acceptors (Lipinski definition) is 4. The molecule has 2 N–H and O–H groups in total. The van der Waals surface area contributed by atoms with E-state index in [9.17, 15) is 0 Å². The van der Waals surface area contributed by atoms with Crippen LogP contribution in [0.1, 0.15) is 32.6 Å². The molecule has 0 aliphatic carbocycles. The molecule has 2 saturated heterocycles. The molecule has 0 aromatic heterocycles. The quantitative estimate of drug-likeness (QED) is 0.509. The fraction of sp³-hybridized carbons (Fsp3) is 0.941. The van der Waals surface area contributed by atoms with E-state index in [-0.39, 0.29) is 0 Å². The molecule has 2 aliphatic rings. The average Bonchev–Trinajstić information content (AvgIpc) is 3.21. The molecule has 2 aliphatic heterocycles. The standard InChI is InChI=1S/C17H35N5O/c1-4-21-9-5-7-15(21)13-19-17(18-2)20-14-16-8-6-10-22(16)11-12-23-3/h15-16H,4-14H2,1-3H3,(H2,18,19,20). The third-order valence-electron chi connectivity index (χ3n) is 5.22. The Morgan fingerprint density at radius 2 is 1.70 bits per heavy atom. The second-order valence-corrected chi connectivity index (χ2v) is 6.58. The Hall–Kier alpha value is -0.850. The van der Waals surface area contributed by atoms with Gasteiger partial charge in [0.1, 0.15) is 0 Å². The number of likely N-dealkylation sites (N-methyl/N-ethyl adjacent to an activating group) is 1. The maximum Gasteiger partial charge on any atom is 0.191 e. The van der Waals surface area contributed by atoms with Gasteiger partial charge in [0.15, 0.2) is 5.96 Å². The number of likely N-dealkylation sites (tertiary alicyclic amines) is 2. The predicted molar refractivity (Wildman–Crippen MR) is 96.1 cm³/mol. The highest BCUT2D eigenvalue weighted by Crippen LogP contribution is 2.16. The summed E-state index contributed by atoms with van der Waals surface area (Å²) in [4.78, 5) is 9.47. The molecular formula is C17H35N5O. The number of nitrogens with one attached hydrogen (secondary N) is 2. The van der Waals surface area contributed by atoms with E-state index in [0.717, 1.165) is 38.7 Å². The van der Waals surface area contributed by atoms with Gasteiger partial charge in [-0.1, -0.05) is 6.92 Å². The van der Waals surface area contributed by atoms with E-state index < -0.39 is 0 Å². The van der Waals surface area contributed by atoms with Gasteiger partial charge in [-0.2, -0.15) is 0 Å². The van der Waals surface area contributed by atoms with Gasteiger partial charge < -0.3 is 15.4 Å². The Balaban J connectivity index is 1.70. The lowest BCUT2D eigenvalue weighted by Gasteiger charge is -2.26. The Kier molecular flexibility index (Phi) is 8.12. The molecule has 6 nitrogen and oxygen atoms in total. The third kappa shape index (κ3) is 5.62. The maximum atomic E-state index is 5.21. The molecular weight excluding hydrogens is 290 g/mol. The highest BCUT2D eigenvalue weighted by molar-refractivity contribution is 5.79. The molecule has 2 atom stereocenters. The SMILES string of the molecule is CCN1CCCC1CNC(=NC)NCC1CCCN1CCOC. The Morgan fingerprint density at radius 1 is 1.09 bits per heavy atom. The van der Waals surface area contributed by atoms with Crippen LogP contribution in [0.15, 0.2) is 4.99 Å². The summed E-state index contributed by atoms with van der Waals surface area (Å²) in [6, 6.07) is 1.26. The first-order valence-corrected chi connectivity index (χ1v) is 9.20. The topological polar surface area (TPSA) is 52.1 Å². The lowest BCUT2D eigenvalue weighted by Crippen LogP contribution is -2.48. The van der Waals surface area contributed by atoms with Crippen LogP contribution in [0.5, 0.6) is 0 Å². The van der Waals surface area contributed by atoms with Gasteiger partial charge >= 0.3 is 0 Å². The van der Waals surface area contributed by atoms with E-state index in [2.05, 4.69) is 32.3 Å². The Labute approximate surface area is 141 Å². The first-order valence-electron chi connectivity index (χ1n) is 9.20. The number of aliphatic imine (C=N–C) groups is 1. The smallest absolute Gasteiger partial charge is 0.191 e. The van der Waals surface area contributed by atoms with Crippen molar-refractivity contribution in [3.63, 3.8) is 0 Å². The van der Waals surface area contributed by atoms with E-state index >= 15 is 0 Å². The first kappa shape index (κ1) is 18.5. The highest BCUT2D eigenvalue weighted by Gasteiger charge is 2.25. The van der Waals surface area contributed by atoms with Gasteiger partial charge in [-0.3, -0.25) is 14.8 Å². The van der Waals surface area contributed by atoms with E-state index in [4.69, 9.17) is 4.74 Å². The number of hydrogen-bond donors (Lipinski definition) is 2. The van der Waals surface area contributed by atoms with Gasteiger partial charge in [-0.15, -0.1) is 0 Å². The van der Waals surface area contributed by atoms with Crippen molar-refractivity contribution >= 4 is 5.96 Å². The molecule has 0 radical (unpaired) electrons. The molecule has 0 bridgehead atoms. The molecule has 6 heteroatoms. The van der Waals surface area contributed by atoms with Crippen LogP contribution in [0, 0.1) is 0 Å². The third-order valence-corrected chi connectivity index (χ3v) is 5.22. The summed E-state index contributed by atoms with van der Waals surface area (Å²) in [5.74, 6) is 0.937. The van der Waals surface area contributed by atoms with Crippen molar-refractivity contribution in [1.82, 2.24) is 20.4 Å². The van der Waals surface area contributed by atoms with Gasteiger partial charge in [0.2, 0.25) is 0 Å². The van der Waals surface area contributed by atoms with Gasteiger partial charge in [0.05, 0.1) is 6.61 Å². The van der Waals surface area contributed by atoms with E-state index in [1.54, 1.807) is 7.11 Å². The molecule has 0 spiro atoms. The zero-order chi connectivity index (χ0) is 16.5. The number of ether oxygens (including phenoxy) is 1. The number of rotatable bonds is 8. The van der Waals surface area contributed by atoms with Crippen molar-refractivity contribution in [2.45, 2.75) is 44.7 Å². The molecule has 0 aromatic rings. The van der Waals surface area contributed by atoms with Gasteiger partial charge in [0.25, 0.3) is 0 Å². The van der Waals surface area contributed by atoms with Gasteiger partial charge in [-0.25, -0.2) is 0 Å². The molecule has 2 rings (SSSR count). The zero-order valence-corrected chi connectivity index (χ0v) is 15.2. The van der Waals surface area contributed by atoms with Crippen LogP contribution < -0.4 is 10.6 Å². The second-order valence-electron chi connectivity index (χ2n) is 6.58. The Morgan fingerprint density at radius 3 is 2.26 bits per heavy atom. The number of nitrogens with zero attached hydrogens (tertiary/aromatic N) is 3. The molecule has 2 fully saturated rings. The minimum absolute atomic E-state index is 0.599. The van der Waals surface area contributed by atoms with Crippen molar-refractivity contribution in [2.24, 2.45) is 4.99 Å². The number of methoxy groups -OCH3 is 1. The summed E-state index contributed by atoms with van der Waals surface area (Å²) in [6.45, 7) is 9.63. The predicted octanol–water partition coefficient (Wildman–Crippen LogP) is 0.747. The normalized spacial score (nSPS) is 26.8. The van der Waals surface area contributed by atoms with Crippen LogP contribution in [0.3, 0.4) is 0 Å². The van der Waals surface area contributed by atoms with Crippen molar-refractivity contribution in [3.05, 3.63) is 0 Å². The largest absolute Gasteiger partial charge is 0.383 e. The van der Waals surface area contributed by atoms with Crippen molar-refractivity contribution < 1.29 is 4.74 Å². The van der Waals surface area contributed by atoms with Crippen molar-refractivity contribution in [3.8, 4) is 0 Å². The van der Waals surface area contributed by atoms with Crippen LogP contribution in [-0.4, -0.2) is 87.9 Å². The minimum atomic E-state index is 0.599. The lowest BCUT2D eigenvalue weighted by atomic mass is 10.2. The van der Waals surface area contributed by atoms with Crippen molar-refractivity contribution in [1.29, 1.82) is 0 Å². The van der Waals surface area contributed by atoms with Crippen LogP contribution >= 0.6 is 0 Å². The van der Waals surface area contributed by atoms with Crippen LogP contribution in [0.25, 0.3) is 0 Å². The summed E-state index contributed by atoms with van der Waals surface area (Å²) >= 11 is 0. The van der Waals surface area contributed by atoms with Gasteiger partial charge in [-0.05, 0) is 45.3 Å². The molecule has 134 valence electrons. The lowest BCUT2D eigenvalue weighted by molar-refractivity contribution is 0.141. The fourth-order valence-electron chi connectivity index (χ4n) is 3.82. The molecule has 2 heterocycles. The zero-order valence-electron chi connectivity index (χ0n) is 15.2. The highest BCUT2D eigenvalue weighted by atomic mass is 16.5. The first-order chi connectivity index (χ1) is 11.3. The minimum Gasteiger partial charge on any atom is -0.383 e. The average molecular weight is 326 g/mol. The summed E-state index contributed by atoms with van der Waals surface area (Å²) in [7, 11) is 3.64. The summed E-state index contributed by atoms with van der Waals surface area (Å²) in [5.41, 5.74) is 0. The fourth-order valence-corrected chi connectivity index (χ4v) is 3.82. The van der Waals surface area contributed by atoms with Gasteiger partial charge in [0, 0.05) is 45.9 Å². The monoisotopic (exact) mass is 325 g/mol. The molecule has 23 heavy (non-hydrogen) atoms. The van der Waals surface area contributed by atoms with Crippen molar-refractivity contribution in [2.75, 3.05) is 60.0 Å². The van der Waals surface area contributed by atoms with Crippen LogP contribution in [-0.2, 0) is 4.74 Å². The van der Waals surface area contributed by atoms with Crippen LogP contribution in [0.4, 0.5) is 0 Å². The van der Waals surface area contributed by atoms with E-state index in [1.807, 2.05) is 7.05 Å². The number of guanidine groups is 1. The summed E-state index contributed by atoms with van der Waals surface area (Å²) in [5, 5.41) is 7.02. The Bertz CT molecular complexity index is 363. The molecule has 0 aromatic carbocycles. The summed E-state index contributed by atoms with van der Waals surface area (Å²) in [6.07, 6.45) is 5.17. The van der Waals surface area contributed by atoms with Crippen LogP contribution in [0.2, 0.25) is 0 Å².